The van der Waals surface area contributed by atoms with Gasteiger partial charge in [-0.05, 0) is 65.6 Å². The summed E-state index contributed by atoms with van der Waals surface area (Å²) in [6, 6.07) is 0. The first-order chi connectivity index (χ1) is 16.1. The molecule has 0 radical (unpaired) electrons. The third kappa shape index (κ3) is 7.46. The fourth-order valence-corrected chi connectivity index (χ4v) is 3.31. The molecule has 4 unspecified atom stereocenters. The highest BCUT2D eigenvalue weighted by atomic mass is 16.5. The second-order valence-corrected chi connectivity index (χ2v) is 6.40. The number of carbonyl (C=O) groups excluding carboxylic acids is 2. The molecular weight excluding hydrogens is 414 g/mol. The standard InChI is InChI=1S/C28H13NO4/c1-3-4-5-6-7-8-9-10-11-12-13-14-15-16-17-18-21-33-28(31)26-24-20-19-23(22-24)25(26)27(30)29(2)32/h1,19-20,23-26,32H,22H2,2H3. The zero-order chi connectivity index (χ0) is 23.9. The molecule has 0 aromatic carbocycles. The zero-order valence-electron chi connectivity index (χ0n) is 17.4. The number of nitrogens with zero attached hydrogens (tertiary/aromatic N) is 1. The Labute approximate surface area is 193 Å². The molecule has 1 amide bonds. The van der Waals surface area contributed by atoms with Gasteiger partial charge in [0.2, 0.25) is 5.91 Å². The van der Waals surface area contributed by atoms with Crippen molar-refractivity contribution >= 4 is 11.9 Å². The van der Waals surface area contributed by atoms with Crippen molar-refractivity contribution in [3.05, 3.63) is 12.2 Å². The summed E-state index contributed by atoms with van der Waals surface area (Å²) >= 11 is 0. The molecule has 2 aliphatic carbocycles. The summed E-state index contributed by atoms with van der Waals surface area (Å²) in [5.74, 6) is 35.9. The van der Waals surface area contributed by atoms with Gasteiger partial charge in [0.15, 0.2) is 0 Å². The van der Waals surface area contributed by atoms with E-state index in [4.69, 9.17) is 11.2 Å². The van der Waals surface area contributed by atoms with Crippen LogP contribution < -0.4 is 0 Å². The van der Waals surface area contributed by atoms with Gasteiger partial charge in [-0.15, -0.1) is 6.42 Å². The Bertz CT molecular complexity index is 1410. The van der Waals surface area contributed by atoms with Crippen LogP contribution in [0.25, 0.3) is 0 Å². The molecule has 154 valence electrons. The monoisotopic (exact) mass is 427 g/mol. The molecule has 5 nitrogen and oxygen atoms in total. The maximum atomic E-state index is 12.4. The number of terminal acetylenes is 1. The molecular formula is C28H13NO4. The molecule has 0 aromatic heterocycles. The average Bonchev–Trinajstić information content (AvgIpc) is 3.42. The molecule has 4 atom stereocenters. The number of ether oxygens (including phenoxy) is 1. The smallest absolute Gasteiger partial charge is 0.324 e. The van der Waals surface area contributed by atoms with Gasteiger partial charge in [-0.3, -0.25) is 14.8 Å². The van der Waals surface area contributed by atoms with Gasteiger partial charge in [-0.2, -0.15) is 0 Å². The summed E-state index contributed by atoms with van der Waals surface area (Å²) in [6.45, 7) is 0. The average molecular weight is 427 g/mol. The van der Waals surface area contributed by atoms with Crippen LogP contribution >= 0.6 is 0 Å². The van der Waals surface area contributed by atoms with Gasteiger partial charge in [0.1, 0.15) is 6.11 Å². The van der Waals surface area contributed by atoms with E-state index in [1.165, 1.54) is 7.05 Å². The van der Waals surface area contributed by atoms with Crippen molar-refractivity contribution in [2.45, 2.75) is 6.42 Å². The van der Waals surface area contributed by atoms with E-state index in [1.54, 1.807) is 0 Å². The van der Waals surface area contributed by atoms with Crippen molar-refractivity contribution in [1.29, 1.82) is 0 Å². The number of amides is 1. The van der Waals surface area contributed by atoms with E-state index in [9.17, 15) is 14.8 Å². The number of hydroxylamine groups is 2. The summed E-state index contributed by atoms with van der Waals surface area (Å²) in [5, 5.41) is 9.96. The first-order valence-corrected chi connectivity index (χ1v) is 9.37. The number of hydrogen-bond donors (Lipinski definition) is 1. The molecule has 0 aliphatic heterocycles. The Hall–Kier alpha value is -5.32. The van der Waals surface area contributed by atoms with Crippen LogP contribution in [0.1, 0.15) is 6.42 Å². The van der Waals surface area contributed by atoms with Crippen LogP contribution in [0.4, 0.5) is 0 Å². The van der Waals surface area contributed by atoms with Gasteiger partial charge < -0.3 is 4.74 Å². The van der Waals surface area contributed by atoms with Crippen LogP contribution in [0.3, 0.4) is 0 Å². The van der Waals surface area contributed by atoms with Crippen LogP contribution in [-0.2, 0) is 14.3 Å². The number of fused-ring (bicyclic) bond motifs is 2. The lowest BCUT2D eigenvalue weighted by Gasteiger charge is -2.25. The maximum absolute atomic E-state index is 12.4. The molecule has 0 aromatic rings. The predicted octanol–water partition coefficient (Wildman–Crippen LogP) is 0.433. The number of hydrogen-bond acceptors (Lipinski definition) is 4. The lowest BCUT2D eigenvalue weighted by atomic mass is 9.82. The molecule has 1 saturated carbocycles. The van der Waals surface area contributed by atoms with E-state index in [0.717, 1.165) is 0 Å². The van der Waals surface area contributed by atoms with Gasteiger partial charge in [0.25, 0.3) is 0 Å². The van der Waals surface area contributed by atoms with E-state index in [-0.39, 0.29) is 11.8 Å². The molecule has 1 N–H and O–H groups in total. The van der Waals surface area contributed by atoms with Crippen molar-refractivity contribution < 1.29 is 19.5 Å². The van der Waals surface area contributed by atoms with E-state index in [0.29, 0.717) is 11.5 Å². The van der Waals surface area contributed by atoms with Gasteiger partial charge in [0.05, 0.1) is 11.8 Å². The SMILES string of the molecule is C#CC#CC#CC#CC#CC#CC#CC#CC#COC(=O)C1C2C=CC(C2)C1C(=O)N(C)O. The first-order valence-electron chi connectivity index (χ1n) is 9.37. The molecule has 0 saturated heterocycles. The fourth-order valence-electron chi connectivity index (χ4n) is 3.31. The predicted molar refractivity (Wildman–Crippen MR) is 119 cm³/mol. The number of rotatable bonds is 2. The second kappa shape index (κ2) is 13.1. The van der Waals surface area contributed by atoms with Gasteiger partial charge in [-0.1, -0.05) is 12.2 Å². The zero-order valence-corrected chi connectivity index (χ0v) is 17.4. The van der Waals surface area contributed by atoms with Crippen LogP contribution in [-0.4, -0.2) is 29.2 Å². The summed E-state index contributed by atoms with van der Waals surface area (Å²) < 4.78 is 4.94. The quantitative estimate of drug-likeness (QED) is 0.228. The number of allylic oxidation sites excluding steroid dienone is 2. The highest BCUT2D eigenvalue weighted by Gasteiger charge is 2.53. The molecule has 2 aliphatic rings. The molecule has 2 bridgehead atoms. The van der Waals surface area contributed by atoms with Crippen molar-refractivity contribution in [3.63, 3.8) is 0 Å². The molecule has 2 rings (SSSR count). The number of esters is 1. The summed E-state index contributed by atoms with van der Waals surface area (Å²) in [6.07, 6.45) is 11.6. The highest BCUT2D eigenvalue weighted by molar-refractivity contribution is 5.87. The maximum Gasteiger partial charge on any atom is 0.324 e. The highest BCUT2D eigenvalue weighted by Crippen LogP contribution is 2.49. The van der Waals surface area contributed by atoms with Crippen LogP contribution in [0.15, 0.2) is 12.2 Å². The van der Waals surface area contributed by atoms with Crippen LogP contribution in [0.5, 0.6) is 0 Å². The normalized spacial score (nSPS) is 19.1. The first kappa shape index (κ1) is 24.0. The van der Waals surface area contributed by atoms with E-state index in [2.05, 4.69) is 101 Å². The molecule has 0 spiro atoms. The van der Waals surface area contributed by atoms with E-state index < -0.39 is 23.7 Å². The van der Waals surface area contributed by atoms with Crippen molar-refractivity contribution in [2.75, 3.05) is 7.05 Å². The Morgan fingerprint density at radius 3 is 1.67 bits per heavy atom. The van der Waals surface area contributed by atoms with Crippen molar-refractivity contribution in [2.24, 2.45) is 23.7 Å². The van der Waals surface area contributed by atoms with Crippen molar-refractivity contribution in [3.8, 4) is 107 Å². The fraction of sp³-hybridized carbons (Fsp3) is 0.214. The van der Waals surface area contributed by atoms with Crippen molar-refractivity contribution in [1.82, 2.24) is 5.06 Å². The van der Waals surface area contributed by atoms with Gasteiger partial charge in [0, 0.05) is 54.4 Å². The minimum Gasteiger partial charge on any atom is -0.371 e. The Kier molecular flexibility index (Phi) is 9.49. The third-order valence-corrected chi connectivity index (χ3v) is 4.49. The Morgan fingerprint density at radius 2 is 1.21 bits per heavy atom. The van der Waals surface area contributed by atoms with Crippen LogP contribution in [0.2, 0.25) is 0 Å². The van der Waals surface area contributed by atoms with E-state index in [1.807, 2.05) is 12.2 Å². The Balaban J connectivity index is 1.84. The number of carbonyl (C=O) groups is 2. The lowest BCUT2D eigenvalue weighted by molar-refractivity contribution is -0.170. The molecule has 5 heteroatoms. The van der Waals surface area contributed by atoms with Gasteiger partial charge in [-0.25, -0.2) is 5.06 Å². The Morgan fingerprint density at radius 1 is 0.788 bits per heavy atom. The van der Waals surface area contributed by atoms with Crippen LogP contribution in [0, 0.1) is 131 Å². The molecule has 33 heavy (non-hydrogen) atoms. The third-order valence-electron chi connectivity index (χ3n) is 4.49. The minimum atomic E-state index is -0.681. The lowest BCUT2D eigenvalue weighted by Crippen LogP contribution is -2.40. The molecule has 1 fully saturated rings. The second-order valence-electron chi connectivity index (χ2n) is 6.40. The summed E-state index contributed by atoms with van der Waals surface area (Å²) in [7, 11) is 1.23. The summed E-state index contributed by atoms with van der Waals surface area (Å²) in [5.41, 5.74) is 0. The van der Waals surface area contributed by atoms with Gasteiger partial charge >= 0.3 is 5.97 Å². The minimum absolute atomic E-state index is 0.0942. The van der Waals surface area contributed by atoms with E-state index >= 15 is 0 Å². The topological polar surface area (TPSA) is 66.8 Å². The molecule has 0 heterocycles. The summed E-state index contributed by atoms with van der Waals surface area (Å²) in [4.78, 5) is 24.6. The largest absolute Gasteiger partial charge is 0.371 e.